The second kappa shape index (κ2) is 13.5. The molecule has 3 aromatic rings. The topological polar surface area (TPSA) is 130 Å². The highest BCUT2D eigenvalue weighted by Gasteiger charge is 2.25. The van der Waals surface area contributed by atoms with Gasteiger partial charge in [-0.2, -0.15) is 0 Å². The highest BCUT2D eigenvalue weighted by molar-refractivity contribution is 5.95. The van der Waals surface area contributed by atoms with Crippen LogP contribution in [0.3, 0.4) is 0 Å². The minimum absolute atomic E-state index is 0.00929. The van der Waals surface area contributed by atoms with E-state index in [1.165, 1.54) is 52.9 Å². The first-order chi connectivity index (χ1) is 19.7. The maximum atomic E-state index is 14.6. The average Bonchev–Trinajstić information content (AvgIpc) is 3.33. The maximum Gasteiger partial charge on any atom is 0.410 e. The lowest BCUT2D eigenvalue weighted by molar-refractivity contribution is -0.125. The summed E-state index contributed by atoms with van der Waals surface area (Å²) in [6, 6.07) is 6.16. The summed E-state index contributed by atoms with van der Waals surface area (Å²) in [6.07, 6.45) is 3.61. The molecule has 11 nitrogen and oxygen atoms in total. The van der Waals surface area contributed by atoms with Crippen LogP contribution in [0.5, 0.6) is 0 Å². The van der Waals surface area contributed by atoms with Crippen molar-refractivity contribution in [1.82, 2.24) is 24.3 Å². The number of rotatable bonds is 10. The number of ether oxygens (including phenoxy) is 1. The summed E-state index contributed by atoms with van der Waals surface area (Å²) >= 11 is 0. The SMILES string of the molecule is CN(C)C(=O)/C=C/CC[C@H](OC(=O)N(C)C)C(=O)Nc1cccn(Cc2nc3c(CC(C)(C)C)ccc(F)c3[nH]2)c1=O. The van der Waals surface area contributed by atoms with Crippen LogP contribution in [0.15, 0.2) is 47.4 Å². The number of H-pyrrole nitrogens is 1. The van der Waals surface area contributed by atoms with Gasteiger partial charge in [0.1, 0.15) is 22.8 Å². The molecule has 2 aromatic heterocycles. The number of hydrogen-bond acceptors (Lipinski definition) is 6. The summed E-state index contributed by atoms with van der Waals surface area (Å²) < 4.78 is 21.3. The number of imidazole rings is 1. The largest absolute Gasteiger partial charge is 0.436 e. The van der Waals surface area contributed by atoms with Crippen molar-refractivity contribution in [2.75, 3.05) is 33.5 Å². The molecule has 0 bridgehead atoms. The van der Waals surface area contributed by atoms with E-state index in [2.05, 4.69) is 36.1 Å². The van der Waals surface area contributed by atoms with Gasteiger partial charge in [-0.1, -0.05) is 32.9 Å². The molecule has 0 aliphatic rings. The standard InChI is InChI=1S/C30H39FN6O5/c1-30(2,3)17-19-14-15-20(31)26-25(19)33-23(34-26)18-37-16-10-11-21(28(37)40)32-27(39)22(42-29(41)36(6)7)12-8-9-13-24(38)35(4)5/h9-11,13-16,22H,8,12,17-18H2,1-7H3,(H,32,39)(H,33,34)/b13-9+/t22-/m0/s1. The highest BCUT2D eigenvalue weighted by Crippen LogP contribution is 2.27. The van der Waals surface area contributed by atoms with Gasteiger partial charge in [-0.05, 0) is 54.5 Å². The zero-order chi connectivity index (χ0) is 31.2. The number of nitrogens with one attached hydrogen (secondary N) is 2. The quantitative estimate of drug-likeness (QED) is 0.349. The van der Waals surface area contributed by atoms with Crippen LogP contribution in [-0.4, -0.2) is 76.5 Å². The minimum atomic E-state index is -1.22. The molecule has 0 aliphatic heterocycles. The van der Waals surface area contributed by atoms with E-state index in [9.17, 15) is 23.6 Å². The van der Waals surface area contributed by atoms with Crippen molar-refractivity contribution in [3.63, 3.8) is 0 Å². The lowest BCUT2D eigenvalue weighted by atomic mass is 9.87. The van der Waals surface area contributed by atoms with Crippen molar-refractivity contribution in [3.8, 4) is 0 Å². The molecule has 0 saturated heterocycles. The number of carbonyl (C=O) groups excluding carboxylic acids is 3. The predicted molar refractivity (Wildman–Crippen MR) is 159 cm³/mol. The third kappa shape index (κ3) is 8.51. The molecule has 0 spiro atoms. The molecule has 226 valence electrons. The molecule has 1 aromatic carbocycles. The summed E-state index contributed by atoms with van der Waals surface area (Å²) in [4.78, 5) is 60.5. The van der Waals surface area contributed by atoms with Crippen molar-refractivity contribution in [2.24, 2.45) is 5.41 Å². The van der Waals surface area contributed by atoms with E-state index in [1.807, 2.05) is 0 Å². The van der Waals surface area contributed by atoms with Gasteiger partial charge in [0.05, 0.1) is 12.1 Å². The molecule has 0 radical (unpaired) electrons. The van der Waals surface area contributed by atoms with Crippen molar-refractivity contribution in [1.29, 1.82) is 0 Å². The molecule has 0 aliphatic carbocycles. The Kier molecular flexibility index (Phi) is 10.3. The Balaban J connectivity index is 1.81. The fraction of sp³-hybridized carbons (Fsp3) is 0.433. The second-order valence-corrected chi connectivity index (χ2v) is 11.7. The molecule has 3 amide bonds. The van der Waals surface area contributed by atoms with Crippen LogP contribution < -0.4 is 10.9 Å². The number of benzene rings is 1. The summed E-state index contributed by atoms with van der Waals surface area (Å²) in [7, 11) is 6.20. The predicted octanol–water partition coefficient (Wildman–Crippen LogP) is 3.93. The number of aromatic amines is 1. The Morgan fingerprint density at radius 2 is 1.86 bits per heavy atom. The molecule has 2 N–H and O–H groups in total. The Bertz CT molecular complexity index is 1530. The van der Waals surface area contributed by atoms with Crippen molar-refractivity contribution >= 4 is 34.6 Å². The van der Waals surface area contributed by atoms with Gasteiger partial charge in [0.25, 0.3) is 11.5 Å². The molecule has 42 heavy (non-hydrogen) atoms. The van der Waals surface area contributed by atoms with Gasteiger partial charge in [0.15, 0.2) is 6.10 Å². The Morgan fingerprint density at radius 1 is 1.14 bits per heavy atom. The molecule has 0 fully saturated rings. The number of carbonyl (C=O) groups is 3. The van der Waals surface area contributed by atoms with E-state index < -0.39 is 29.5 Å². The first-order valence-corrected chi connectivity index (χ1v) is 13.6. The number of pyridine rings is 1. The molecule has 0 saturated carbocycles. The van der Waals surface area contributed by atoms with E-state index >= 15 is 0 Å². The number of likely N-dealkylation sites (N-methyl/N-ethyl adjacent to an activating group) is 1. The Labute approximate surface area is 244 Å². The van der Waals surface area contributed by atoms with Gasteiger partial charge in [0.2, 0.25) is 5.91 Å². The number of fused-ring (bicyclic) bond motifs is 1. The first-order valence-electron chi connectivity index (χ1n) is 13.6. The Morgan fingerprint density at radius 3 is 2.50 bits per heavy atom. The normalized spacial score (nSPS) is 12.4. The fourth-order valence-corrected chi connectivity index (χ4v) is 4.13. The molecule has 3 rings (SSSR count). The van der Waals surface area contributed by atoms with E-state index in [1.54, 1.807) is 32.3 Å². The maximum absolute atomic E-state index is 14.6. The monoisotopic (exact) mass is 582 g/mol. The zero-order valence-electron chi connectivity index (χ0n) is 25.2. The lowest BCUT2D eigenvalue weighted by Crippen LogP contribution is -2.37. The van der Waals surface area contributed by atoms with E-state index in [-0.39, 0.29) is 41.9 Å². The number of halogens is 1. The van der Waals surface area contributed by atoms with Gasteiger partial charge in [-0.15, -0.1) is 0 Å². The highest BCUT2D eigenvalue weighted by atomic mass is 19.1. The summed E-state index contributed by atoms with van der Waals surface area (Å²) in [5.41, 5.74) is 1.11. The van der Waals surface area contributed by atoms with Crippen LogP contribution in [0.2, 0.25) is 0 Å². The molecule has 2 heterocycles. The summed E-state index contributed by atoms with van der Waals surface area (Å²) in [5.74, 6) is -0.963. The number of nitrogens with zero attached hydrogens (tertiary/aromatic N) is 4. The van der Waals surface area contributed by atoms with Crippen LogP contribution in [0, 0.1) is 11.2 Å². The Hall–Kier alpha value is -4.48. The summed E-state index contributed by atoms with van der Waals surface area (Å²) in [6.45, 7) is 6.27. The number of allylic oxidation sites excluding steroid dienone is 1. The van der Waals surface area contributed by atoms with Gasteiger partial charge in [0, 0.05) is 34.4 Å². The molecular formula is C30H39FN6O5. The minimum Gasteiger partial charge on any atom is -0.436 e. The first kappa shape index (κ1) is 32.0. The summed E-state index contributed by atoms with van der Waals surface area (Å²) in [5, 5.41) is 2.56. The van der Waals surface area contributed by atoms with E-state index in [0.29, 0.717) is 17.8 Å². The molecule has 12 heteroatoms. The van der Waals surface area contributed by atoms with Crippen molar-refractivity contribution < 1.29 is 23.5 Å². The van der Waals surface area contributed by atoms with Gasteiger partial charge in [-0.3, -0.25) is 14.4 Å². The zero-order valence-corrected chi connectivity index (χ0v) is 25.2. The van der Waals surface area contributed by atoms with E-state index in [0.717, 1.165) is 5.56 Å². The van der Waals surface area contributed by atoms with Crippen LogP contribution in [-0.2, 0) is 27.3 Å². The molecular weight excluding hydrogens is 543 g/mol. The smallest absolute Gasteiger partial charge is 0.410 e. The molecule has 0 unspecified atom stereocenters. The van der Waals surface area contributed by atoms with Crippen molar-refractivity contribution in [2.45, 2.75) is 52.7 Å². The van der Waals surface area contributed by atoms with Crippen LogP contribution in [0.1, 0.15) is 45.0 Å². The van der Waals surface area contributed by atoms with E-state index in [4.69, 9.17) is 4.74 Å². The molecule has 1 atom stereocenters. The van der Waals surface area contributed by atoms with Gasteiger partial charge >= 0.3 is 6.09 Å². The van der Waals surface area contributed by atoms with Crippen molar-refractivity contribution in [3.05, 3.63) is 70.2 Å². The lowest BCUT2D eigenvalue weighted by Gasteiger charge is -2.19. The van der Waals surface area contributed by atoms with Crippen LogP contribution in [0.25, 0.3) is 11.0 Å². The van der Waals surface area contributed by atoms with Crippen LogP contribution in [0.4, 0.5) is 14.9 Å². The number of aromatic nitrogens is 3. The van der Waals surface area contributed by atoms with Gasteiger partial charge < -0.3 is 29.4 Å². The average molecular weight is 583 g/mol. The fourth-order valence-electron chi connectivity index (χ4n) is 4.13. The number of hydrogen-bond donors (Lipinski definition) is 2. The second-order valence-electron chi connectivity index (χ2n) is 11.7. The third-order valence-corrected chi connectivity index (χ3v) is 6.24. The number of anilines is 1. The third-order valence-electron chi connectivity index (χ3n) is 6.24. The van der Waals surface area contributed by atoms with Gasteiger partial charge in [-0.25, -0.2) is 14.2 Å². The number of amides is 3. The van der Waals surface area contributed by atoms with Crippen LogP contribution >= 0.6 is 0 Å².